The average molecular weight is 282 g/mol. The number of anilines is 1. The van der Waals surface area contributed by atoms with Crippen molar-refractivity contribution in [2.45, 2.75) is 58.4 Å². The lowest BCUT2D eigenvalue weighted by Gasteiger charge is -2.40. The van der Waals surface area contributed by atoms with E-state index in [1.54, 1.807) is 0 Å². The highest BCUT2D eigenvalue weighted by atomic mass is 35.5. The lowest BCUT2D eigenvalue weighted by molar-refractivity contribution is 0.362. The summed E-state index contributed by atoms with van der Waals surface area (Å²) in [6, 6.07) is 0.532. The average Bonchev–Trinajstić information content (AvgIpc) is 2.41. The first kappa shape index (κ1) is 14.6. The summed E-state index contributed by atoms with van der Waals surface area (Å²) in [7, 11) is 0. The molecule has 0 spiro atoms. The van der Waals surface area contributed by atoms with Crippen LogP contribution in [0, 0.1) is 5.92 Å². The Bertz CT molecular complexity index is 433. The molecule has 0 radical (unpaired) electrons. The summed E-state index contributed by atoms with van der Waals surface area (Å²) >= 11 is 6.10. The Morgan fingerprint density at radius 1 is 1.42 bits per heavy atom. The van der Waals surface area contributed by atoms with Gasteiger partial charge in [0, 0.05) is 18.5 Å². The number of hydrogen-bond donors (Lipinski definition) is 0. The molecule has 1 aromatic heterocycles. The van der Waals surface area contributed by atoms with Gasteiger partial charge in [0.1, 0.15) is 5.82 Å². The van der Waals surface area contributed by atoms with Crippen LogP contribution in [-0.2, 0) is 5.88 Å². The maximum absolute atomic E-state index is 6.10. The Balaban J connectivity index is 2.33. The molecule has 106 valence electrons. The van der Waals surface area contributed by atoms with Gasteiger partial charge in [0.25, 0.3) is 0 Å². The predicted molar refractivity (Wildman–Crippen MR) is 80.9 cm³/mol. The van der Waals surface area contributed by atoms with Crippen LogP contribution in [0.15, 0.2) is 6.20 Å². The van der Waals surface area contributed by atoms with Crippen molar-refractivity contribution in [3.63, 3.8) is 0 Å². The standard InChI is InChI=1S/C15H24ClN3/c1-10(2)15-17-9-14(13(8-16)18-15)19-7-5-6-11(3)12(19)4/h9-12H,5-8H2,1-4H3. The Morgan fingerprint density at radius 3 is 2.79 bits per heavy atom. The maximum Gasteiger partial charge on any atom is 0.131 e. The summed E-state index contributed by atoms with van der Waals surface area (Å²) < 4.78 is 0. The van der Waals surface area contributed by atoms with Gasteiger partial charge < -0.3 is 4.90 Å². The van der Waals surface area contributed by atoms with Gasteiger partial charge in [-0.25, -0.2) is 9.97 Å². The normalized spacial score (nSPS) is 24.0. The molecular formula is C15H24ClN3. The van der Waals surface area contributed by atoms with Gasteiger partial charge >= 0.3 is 0 Å². The summed E-state index contributed by atoms with van der Waals surface area (Å²) in [5.41, 5.74) is 2.10. The number of rotatable bonds is 3. The van der Waals surface area contributed by atoms with Crippen molar-refractivity contribution < 1.29 is 0 Å². The molecule has 1 aliphatic rings. The number of hydrogen-bond acceptors (Lipinski definition) is 3. The van der Waals surface area contributed by atoms with Crippen molar-refractivity contribution in [2.24, 2.45) is 5.92 Å². The highest BCUT2D eigenvalue weighted by Crippen LogP contribution is 2.30. The molecule has 1 saturated heterocycles. The molecule has 2 atom stereocenters. The van der Waals surface area contributed by atoms with E-state index in [2.05, 4.69) is 42.6 Å². The van der Waals surface area contributed by atoms with E-state index in [0.717, 1.165) is 23.8 Å². The lowest BCUT2D eigenvalue weighted by Crippen LogP contribution is -2.43. The second-order valence-corrected chi connectivity index (χ2v) is 6.17. The van der Waals surface area contributed by atoms with Crippen molar-refractivity contribution in [1.82, 2.24) is 9.97 Å². The van der Waals surface area contributed by atoms with E-state index >= 15 is 0 Å². The third kappa shape index (κ3) is 3.02. The highest BCUT2D eigenvalue weighted by molar-refractivity contribution is 6.17. The van der Waals surface area contributed by atoms with Crippen LogP contribution in [0.3, 0.4) is 0 Å². The van der Waals surface area contributed by atoms with Gasteiger partial charge in [0.05, 0.1) is 23.5 Å². The fourth-order valence-electron chi connectivity index (χ4n) is 2.72. The summed E-state index contributed by atoms with van der Waals surface area (Å²) in [5.74, 6) is 2.39. The molecule has 2 rings (SSSR count). The summed E-state index contributed by atoms with van der Waals surface area (Å²) in [6.07, 6.45) is 4.51. The minimum Gasteiger partial charge on any atom is -0.366 e. The molecule has 1 aromatic rings. The predicted octanol–water partition coefficient (Wildman–Crippen LogP) is 3.96. The second kappa shape index (κ2) is 6.08. The Labute approximate surface area is 121 Å². The first-order valence-electron chi connectivity index (χ1n) is 7.23. The van der Waals surface area contributed by atoms with Crippen LogP contribution in [-0.4, -0.2) is 22.6 Å². The molecule has 0 saturated carbocycles. The van der Waals surface area contributed by atoms with Crippen LogP contribution >= 0.6 is 11.6 Å². The molecule has 0 N–H and O–H groups in total. The zero-order valence-corrected chi connectivity index (χ0v) is 13.1. The lowest BCUT2D eigenvalue weighted by atomic mass is 9.91. The van der Waals surface area contributed by atoms with E-state index in [-0.39, 0.29) is 0 Å². The van der Waals surface area contributed by atoms with Crippen LogP contribution in [0.5, 0.6) is 0 Å². The van der Waals surface area contributed by atoms with Crippen LogP contribution in [0.4, 0.5) is 5.69 Å². The van der Waals surface area contributed by atoms with Gasteiger partial charge in [-0.05, 0) is 25.7 Å². The van der Waals surface area contributed by atoms with Crippen molar-refractivity contribution >= 4 is 17.3 Å². The number of piperidine rings is 1. The fraction of sp³-hybridized carbons (Fsp3) is 0.733. The molecule has 4 heteroatoms. The van der Waals surface area contributed by atoms with Gasteiger partial charge in [-0.3, -0.25) is 0 Å². The quantitative estimate of drug-likeness (QED) is 0.785. The Kier molecular flexibility index (Phi) is 4.67. The molecule has 19 heavy (non-hydrogen) atoms. The molecule has 2 heterocycles. The topological polar surface area (TPSA) is 29.0 Å². The van der Waals surface area contributed by atoms with Gasteiger partial charge in [0.15, 0.2) is 0 Å². The van der Waals surface area contributed by atoms with E-state index in [1.165, 1.54) is 12.8 Å². The SMILES string of the molecule is CC(C)c1ncc(N2CCCC(C)C2C)c(CCl)n1. The van der Waals surface area contributed by atoms with Crippen molar-refractivity contribution in [1.29, 1.82) is 0 Å². The molecule has 0 amide bonds. The number of halogens is 1. The molecule has 0 aromatic carbocycles. The molecule has 0 aliphatic carbocycles. The molecule has 1 aliphatic heterocycles. The number of nitrogens with zero attached hydrogens (tertiary/aromatic N) is 3. The van der Waals surface area contributed by atoms with E-state index in [1.807, 2.05) is 6.20 Å². The van der Waals surface area contributed by atoms with Gasteiger partial charge in [0.2, 0.25) is 0 Å². The first-order chi connectivity index (χ1) is 9.04. The van der Waals surface area contributed by atoms with E-state index in [9.17, 15) is 0 Å². The minimum atomic E-state index is 0.341. The molecule has 1 fully saturated rings. The second-order valence-electron chi connectivity index (χ2n) is 5.90. The monoisotopic (exact) mass is 281 g/mol. The third-order valence-corrected chi connectivity index (χ3v) is 4.44. The molecule has 2 unspecified atom stereocenters. The van der Waals surface area contributed by atoms with Crippen LogP contribution in [0.1, 0.15) is 58.0 Å². The first-order valence-corrected chi connectivity index (χ1v) is 7.76. The summed E-state index contributed by atoms with van der Waals surface area (Å²) in [5, 5.41) is 0. The zero-order chi connectivity index (χ0) is 14.0. The molecule has 0 bridgehead atoms. The maximum atomic E-state index is 6.10. The summed E-state index contributed by atoms with van der Waals surface area (Å²) in [6.45, 7) is 9.91. The van der Waals surface area contributed by atoms with Crippen LogP contribution < -0.4 is 4.90 Å². The van der Waals surface area contributed by atoms with Gasteiger partial charge in [-0.2, -0.15) is 0 Å². The molecular weight excluding hydrogens is 258 g/mol. The largest absolute Gasteiger partial charge is 0.366 e. The van der Waals surface area contributed by atoms with Crippen molar-refractivity contribution in [2.75, 3.05) is 11.4 Å². The fourth-order valence-corrected chi connectivity index (χ4v) is 2.91. The van der Waals surface area contributed by atoms with E-state index in [4.69, 9.17) is 11.6 Å². The zero-order valence-electron chi connectivity index (χ0n) is 12.4. The molecule has 3 nitrogen and oxygen atoms in total. The highest BCUT2D eigenvalue weighted by Gasteiger charge is 2.27. The van der Waals surface area contributed by atoms with E-state index in [0.29, 0.717) is 23.8 Å². The number of alkyl halides is 1. The Morgan fingerprint density at radius 2 is 2.16 bits per heavy atom. The smallest absolute Gasteiger partial charge is 0.131 e. The van der Waals surface area contributed by atoms with E-state index < -0.39 is 0 Å². The number of aromatic nitrogens is 2. The Hall–Kier alpha value is -0.830. The third-order valence-electron chi connectivity index (χ3n) is 4.19. The van der Waals surface area contributed by atoms with Gasteiger partial charge in [-0.15, -0.1) is 11.6 Å². The van der Waals surface area contributed by atoms with Crippen LogP contribution in [0.2, 0.25) is 0 Å². The van der Waals surface area contributed by atoms with Crippen molar-refractivity contribution in [3.8, 4) is 0 Å². The summed E-state index contributed by atoms with van der Waals surface area (Å²) in [4.78, 5) is 11.6. The minimum absolute atomic E-state index is 0.341. The van der Waals surface area contributed by atoms with Crippen molar-refractivity contribution in [3.05, 3.63) is 17.7 Å². The van der Waals surface area contributed by atoms with Gasteiger partial charge in [-0.1, -0.05) is 20.8 Å². The van der Waals surface area contributed by atoms with Crippen LogP contribution in [0.25, 0.3) is 0 Å².